The molecule has 1 aliphatic rings. The van der Waals surface area contributed by atoms with Crippen LogP contribution in [0.5, 0.6) is 0 Å². The van der Waals surface area contributed by atoms with Gasteiger partial charge in [-0.05, 0) is 20.8 Å². The van der Waals surface area contributed by atoms with Gasteiger partial charge < -0.3 is 11.1 Å². The fraction of sp³-hybridized carbons (Fsp3) is 0.909. The van der Waals surface area contributed by atoms with Crippen molar-refractivity contribution in [1.82, 2.24) is 10.2 Å². The molecular formula is C11H25IN4S. The number of hydrogen-bond donors (Lipinski definition) is 2. The Balaban J connectivity index is 0.00000256. The second kappa shape index (κ2) is 8.42. The lowest BCUT2D eigenvalue weighted by Gasteiger charge is -2.25. The number of nitrogens with one attached hydrogen (secondary N) is 1. The number of aliphatic imine (C=N–C) groups is 1. The zero-order valence-electron chi connectivity index (χ0n) is 11.0. The minimum Gasteiger partial charge on any atom is -0.370 e. The third-order valence-corrected chi connectivity index (χ3v) is 3.25. The maximum absolute atomic E-state index is 5.79. The van der Waals surface area contributed by atoms with E-state index in [0.717, 1.165) is 13.1 Å². The molecule has 102 valence electrons. The summed E-state index contributed by atoms with van der Waals surface area (Å²) in [5.74, 6) is 3.05. The van der Waals surface area contributed by atoms with Crippen molar-refractivity contribution >= 4 is 41.7 Å². The molecule has 0 bridgehead atoms. The zero-order chi connectivity index (χ0) is 12.0. The first kappa shape index (κ1) is 17.3. The third-order valence-electron chi connectivity index (χ3n) is 2.31. The summed E-state index contributed by atoms with van der Waals surface area (Å²) >= 11 is 2.03. The summed E-state index contributed by atoms with van der Waals surface area (Å²) in [6.45, 7) is 10.4. The molecule has 1 fully saturated rings. The van der Waals surface area contributed by atoms with E-state index in [1.165, 1.54) is 24.6 Å². The van der Waals surface area contributed by atoms with Gasteiger partial charge in [0.25, 0.3) is 0 Å². The highest BCUT2D eigenvalue weighted by atomic mass is 127. The van der Waals surface area contributed by atoms with E-state index in [4.69, 9.17) is 5.73 Å². The van der Waals surface area contributed by atoms with E-state index in [2.05, 4.69) is 36.0 Å². The highest BCUT2D eigenvalue weighted by Crippen LogP contribution is 2.08. The second-order valence-electron chi connectivity index (χ2n) is 5.10. The van der Waals surface area contributed by atoms with E-state index in [9.17, 15) is 0 Å². The van der Waals surface area contributed by atoms with Crippen LogP contribution in [0.2, 0.25) is 0 Å². The van der Waals surface area contributed by atoms with E-state index in [0.29, 0.717) is 5.96 Å². The van der Waals surface area contributed by atoms with Crippen LogP contribution in [0.25, 0.3) is 0 Å². The summed E-state index contributed by atoms with van der Waals surface area (Å²) < 4.78 is 0. The van der Waals surface area contributed by atoms with Crippen molar-refractivity contribution in [1.29, 1.82) is 0 Å². The van der Waals surface area contributed by atoms with Gasteiger partial charge in [-0.1, -0.05) is 0 Å². The summed E-state index contributed by atoms with van der Waals surface area (Å²) in [4.78, 5) is 6.79. The van der Waals surface area contributed by atoms with Crippen molar-refractivity contribution in [2.24, 2.45) is 10.7 Å². The lowest BCUT2D eigenvalue weighted by atomic mass is 10.1. The van der Waals surface area contributed by atoms with Gasteiger partial charge in [0.1, 0.15) is 0 Å². The fourth-order valence-corrected chi connectivity index (χ4v) is 2.54. The van der Waals surface area contributed by atoms with Gasteiger partial charge in [-0.25, -0.2) is 0 Å². The topological polar surface area (TPSA) is 53.6 Å². The summed E-state index contributed by atoms with van der Waals surface area (Å²) in [7, 11) is 0. The Hall–Kier alpha value is 0.310. The van der Waals surface area contributed by atoms with Crippen molar-refractivity contribution < 1.29 is 0 Å². The summed E-state index contributed by atoms with van der Waals surface area (Å²) in [6, 6.07) is 0. The molecule has 0 unspecified atom stereocenters. The van der Waals surface area contributed by atoms with Gasteiger partial charge in [0.05, 0.1) is 6.54 Å². The quantitative estimate of drug-likeness (QED) is 0.446. The van der Waals surface area contributed by atoms with Crippen molar-refractivity contribution in [2.45, 2.75) is 26.3 Å². The predicted molar refractivity (Wildman–Crippen MR) is 88.6 cm³/mol. The maximum Gasteiger partial charge on any atom is 0.189 e. The van der Waals surface area contributed by atoms with Gasteiger partial charge >= 0.3 is 0 Å². The Morgan fingerprint density at radius 2 is 1.94 bits per heavy atom. The number of guanidine groups is 1. The standard InChI is InChI=1S/C11H24N4S.HI/c1-11(2,3)14-10(12)13-4-5-15-6-8-16-9-7-15;/h4-9H2,1-3H3,(H3,12,13,14);1H. The number of halogens is 1. The maximum atomic E-state index is 5.79. The first-order chi connectivity index (χ1) is 7.47. The number of rotatable bonds is 3. The van der Waals surface area contributed by atoms with Gasteiger partial charge in [-0.2, -0.15) is 11.8 Å². The normalized spacial score (nSPS) is 18.6. The van der Waals surface area contributed by atoms with E-state index in [1.807, 2.05) is 11.8 Å². The molecule has 1 saturated heterocycles. The molecule has 0 aromatic rings. The van der Waals surface area contributed by atoms with Gasteiger partial charge in [0.2, 0.25) is 0 Å². The lowest BCUT2D eigenvalue weighted by Crippen LogP contribution is -2.45. The number of hydrogen-bond acceptors (Lipinski definition) is 3. The number of nitrogens with zero attached hydrogens (tertiary/aromatic N) is 2. The van der Waals surface area contributed by atoms with Gasteiger partial charge in [0, 0.05) is 36.7 Å². The molecule has 0 aromatic carbocycles. The van der Waals surface area contributed by atoms with E-state index in [1.54, 1.807) is 0 Å². The highest BCUT2D eigenvalue weighted by molar-refractivity contribution is 14.0. The number of thioether (sulfide) groups is 1. The van der Waals surface area contributed by atoms with Gasteiger partial charge in [-0.3, -0.25) is 9.89 Å². The van der Waals surface area contributed by atoms with E-state index < -0.39 is 0 Å². The Kier molecular flexibility index (Phi) is 8.57. The smallest absolute Gasteiger partial charge is 0.189 e. The van der Waals surface area contributed by atoms with Crippen molar-refractivity contribution in [3.63, 3.8) is 0 Å². The Morgan fingerprint density at radius 1 is 1.35 bits per heavy atom. The van der Waals surface area contributed by atoms with Crippen LogP contribution in [0.15, 0.2) is 4.99 Å². The van der Waals surface area contributed by atoms with Crippen molar-refractivity contribution in [3.05, 3.63) is 0 Å². The van der Waals surface area contributed by atoms with Crippen LogP contribution in [0.3, 0.4) is 0 Å². The molecule has 0 saturated carbocycles. The Morgan fingerprint density at radius 3 is 2.47 bits per heavy atom. The van der Waals surface area contributed by atoms with Crippen LogP contribution < -0.4 is 11.1 Å². The molecule has 17 heavy (non-hydrogen) atoms. The number of nitrogens with two attached hydrogens (primary N) is 1. The highest BCUT2D eigenvalue weighted by Gasteiger charge is 2.11. The SMILES string of the molecule is CC(C)(C)NC(N)=NCCN1CCSCC1.I. The molecular weight excluding hydrogens is 347 g/mol. The molecule has 0 radical (unpaired) electrons. The van der Waals surface area contributed by atoms with Crippen molar-refractivity contribution in [2.75, 3.05) is 37.7 Å². The summed E-state index contributed by atoms with van der Waals surface area (Å²) in [5.41, 5.74) is 5.79. The summed E-state index contributed by atoms with van der Waals surface area (Å²) in [5, 5.41) is 3.16. The average Bonchev–Trinajstić information content (AvgIpc) is 2.16. The molecule has 0 aromatic heterocycles. The van der Waals surface area contributed by atoms with Crippen molar-refractivity contribution in [3.8, 4) is 0 Å². The lowest BCUT2D eigenvalue weighted by molar-refractivity contribution is 0.311. The van der Waals surface area contributed by atoms with E-state index in [-0.39, 0.29) is 29.5 Å². The first-order valence-electron chi connectivity index (χ1n) is 5.85. The van der Waals surface area contributed by atoms with Crippen LogP contribution in [0.4, 0.5) is 0 Å². The molecule has 1 heterocycles. The third kappa shape index (κ3) is 8.96. The Labute approximate surface area is 126 Å². The predicted octanol–water partition coefficient (Wildman–Crippen LogP) is 1.36. The first-order valence-corrected chi connectivity index (χ1v) is 7.01. The summed E-state index contributed by atoms with van der Waals surface area (Å²) in [6.07, 6.45) is 0. The molecule has 0 spiro atoms. The van der Waals surface area contributed by atoms with Crippen LogP contribution in [0, 0.1) is 0 Å². The van der Waals surface area contributed by atoms with Gasteiger partial charge in [-0.15, -0.1) is 24.0 Å². The zero-order valence-corrected chi connectivity index (χ0v) is 14.2. The van der Waals surface area contributed by atoms with E-state index >= 15 is 0 Å². The monoisotopic (exact) mass is 372 g/mol. The molecule has 0 atom stereocenters. The average molecular weight is 372 g/mol. The Bertz CT molecular complexity index is 234. The minimum absolute atomic E-state index is 0. The van der Waals surface area contributed by atoms with Crippen LogP contribution in [-0.2, 0) is 0 Å². The minimum atomic E-state index is -0.00462. The molecule has 0 amide bonds. The van der Waals surface area contributed by atoms with Crippen LogP contribution in [-0.4, -0.2) is 54.1 Å². The molecule has 4 nitrogen and oxygen atoms in total. The van der Waals surface area contributed by atoms with Crippen LogP contribution in [0.1, 0.15) is 20.8 Å². The largest absolute Gasteiger partial charge is 0.370 e. The van der Waals surface area contributed by atoms with Crippen LogP contribution >= 0.6 is 35.7 Å². The molecule has 0 aliphatic carbocycles. The molecule has 1 rings (SSSR count). The molecule has 3 N–H and O–H groups in total. The molecule has 1 aliphatic heterocycles. The second-order valence-corrected chi connectivity index (χ2v) is 6.32. The molecule has 6 heteroatoms. The fourth-order valence-electron chi connectivity index (χ4n) is 1.56. The van der Waals surface area contributed by atoms with Gasteiger partial charge in [0.15, 0.2) is 5.96 Å².